The van der Waals surface area contributed by atoms with Crippen LogP contribution in [0.4, 0.5) is 0 Å². The topological polar surface area (TPSA) is 81.4 Å². The van der Waals surface area contributed by atoms with Gasteiger partial charge in [-0.15, -0.1) is 0 Å². The number of piperidine rings is 1. The van der Waals surface area contributed by atoms with Crippen LogP contribution in [0, 0.1) is 0 Å². The molecule has 5 heteroatoms. The molecule has 0 spiro atoms. The van der Waals surface area contributed by atoms with Crippen LogP contribution in [0.15, 0.2) is 24.3 Å². The molecule has 1 aromatic carbocycles. The van der Waals surface area contributed by atoms with E-state index in [0.717, 1.165) is 31.5 Å². The molecule has 1 atom stereocenters. The maximum absolute atomic E-state index is 11.3. The fraction of sp³-hybridized carbons (Fsp3) is 0.529. The second-order valence-electron chi connectivity index (χ2n) is 6.32. The minimum absolute atomic E-state index is 0.318. The van der Waals surface area contributed by atoms with E-state index in [1.807, 2.05) is 45.0 Å². The Morgan fingerprint density at radius 2 is 2.05 bits per heavy atom. The Morgan fingerprint density at radius 3 is 2.50 bits per heavy atom. The molecule has 1 aromatic rings. The maximum atomic E-state index is 11.3. The van der Waals surface area contributed by atoms with Gasteiger partial charge in [0, 0.05) is 12.1 Å². The summed E-state index contributed by atoms with van der Waals surface area (Å²) in [4.78, 5) is 20.9. The molecule has 1 heterocycles. The number of benzene rings is 1. The van der Waals surface area contributed by atoms with Gasteiger partial charge in [0.2, 0.25) is 5.91 Å². The number of hydrogen-bond donors (Lipinski definition) is 2. The molecule has 0 aromatic heterocycles. The van der Waals surface area contributed by atoms with E-state index in [2.05, 4.69) is 10.1 Å². The van der Waals surface area contributed by atoms with Gasteiger partial charge in [-0.25, -0.2) is 0 Å². The Hall–Kier alpha value is -1.88. The van der Waals surface area contributed by atoms with Gasteiger partial charge in [0.15, 0.2) is 0 Å². The summed E-state index contributed by atoms with van der Waals surface area (Å²) in [7, 11) is 0. The molecule has 1 fully saturated rings. The summed E-state index contributed by atoms with van der Waals surface area (Å²) in [6.07, 6.45) is 2.30. The van der Waals surface area contributed by atoms with Crippen molar-refractivity contribution in [2.75, 3.05) is 13.1 Å². The average molecular weight is 306 g/mol. The lowest BCUT2D eigenvalue weighted by Crippen LogP contribution is -2.29. The Kier molecular flexibility index (Phi) is 7.05. The molecule has 1 aliphatic rings. The maximum Gasteiger partial charge on any atom is 0.293 e. The van der Waals surface area contributed by atoms with Crippen LogP contribution < -0.4 is 11.1 Å². The third kappa shape index (κ3) is 6.26. The van der Waals surface area contributed by atoms with Crippen LogP contribution in [0.5, 0.6) is 0 Å². The van der Waals surface area contributed by atoms with Gasteiger partial charge in [-0.3, -0.25) is 9.59 Å². The van der Waals surface area contributed by atoms with E-state index in [0.29, 0.717) is 18.0 Å². The van der Waals surface area contributed by atoms with Crippen molar-refractivity contribution in [3.8, 4) is 0 Å². The molecule has 1 saturated heterocycles. The Bertz CT molecular complexity index is 489. The summed E-state index contributed by atoms with van der Waals surface area (Å²) < 4.78 is 4.55. The van der Waals surface area contributed by atoms with E-state index in [1.165, 1.54) is 0 Å². The summed E-state index contributed by atoms with van der Waals surface area (Å²) in [5, 5.41) is 3.35. The van der Waals surface area contributed by atoms with Gasteiger partial charge in [0.25, 0.3) is 6.47 Å². The molecule has 0 bridgehead atoms. The lowest BCUT2D eigenvalue weighted by Gasteiger charge is -2.24. The molecule has 5 nitrogen and oxygen atoms in total. The van der Waals surface area contributed by atoms with Gasteiger partial charge in [-0.1, -0.05) is 18.2 Å². The van der Waals surface area contributed by atoms with Crippen LogP contribution in [0.2, 0.25) is 0 Å². The Labute approximate surface area is 132 Å². The van der Waals surface area contributed by atoms with Crippen LogP contribution in [-0.4, -0.2) is 31.1 Å². The van der Waals surface area contributed by atoms with Crippen molar-refractivity contribution >= 4 is 12.4 Å². The first kappa shape index (κ1) is 18.2. The molecule has 0 saturated carbocycles. The Balaban J connectivity index is 0.000000295. The quantitative estimate of drug-likeness (QED) is 0.839. The van der Waals surface area contributed by atoms with Gasteiger partial charge in [0.05, 0.1) is 0 Å². The highest BCUT2D eigenvalue weighted by Crippen LogP contribution is 2.25. The lowest BCUT2D eigenvalue weighted by atomic mass is 9.88. The van der Waals surface area contributed by atoms with Gasteiger partial charge in [0.1, 0.15) is 5.60 Å². The molecule has 22 heavy (non-hydrogen) atoms. The molecule has 0 aliphatic carbocycles. The first-order chi connectivity index (χ1) is 10.3. The number of ether oxygens (including phenoxy) is 1. The zero-order valence-electron chi connectivity index (χ0n) is 13.6. The molecule has 3 N–H and O–H groups in total. The van der Waals surface area contributed by atoms with E-state index in [1.54, 1.807) is 0 Å². The summed E-state index contributed by atoms with van der Waals surface area (Å²) in [5.41, 5.74) is 6.81. The zero-order chi connectivity index (χ0) is 16.6. The van der Waals surface area contributed by atoms with Gasteiger partial charge >= 0.3 is 0 Å². The molecular formula is C17H26N2O3. The first-order valence-corrected chi connectivity index (χ1v) is 7.56. The Morgan fingerprint density at radius 1 is 1.36 bits per heavy atom. The summed E-state index contributed by atoms with van der Waals surface area (Å²) in [6, 6.07) is 7.65. The molecule has 122 valence electrons. The second-order valence-corrected chi connectivity index (χ2v) is 6.32. The van der Waals surface area contributed by atoms with Crippen molar-refractivity contribution in [1.82, 2.24) is 5.32 Å². The number of amides is 1. The van der Waals surface area contributed by atoms with Crippen LogP contribution in [0.25, 0.3) is 0 Å². The van der Waals surface area contributed by atoms with E-state index in [-0.39, 0.29) is 11.5 Å². The number of carbonyl (C=O) groups is 2. The third-order valence-electron chi connectivity index (χ3n) is 3.36. The smallest absolute Gasteiger partial charge is 0.293 e. The van der Waals surface area contributed by atoms with E-state index < -0.39 is 0 Å². The normalized spacial score (nSPS) is 17.9. The molecule has 2 rings (SSSR count). The predicted molar refractivity (Wildman–Crippen MR) is 86.7 cm³/mol. The minimum atomic E-state index is -0.323. The molecule has 0 radical (unpaired) electrons. The van der Waals surface area contributed by atoms with Gasteiger partial charge < -0.3 is 15.8 Å². The minimum Gasteiger partial charge on any atom is -0.462 e. The van der Waals surface area contributed by atoms with Crippen molar-refractivity contribution < 1.29 is 14.3 Å². The van der Waals surface area contributed by atoms with Crippen molar-refractivity contribution in [3.63, 3.8) is 0 Å². The van der Waals surface area contributed by atoms with Crippen molar-refractivity contribution in [2.45, 2.75) is 45.1 Å². The molecular weight excluding hydrogens is 280 g/mol. The summed E-state index contributed by atoms with van der Waals surface area (Å²) in [6.45, 7) is 7.95. The first-order valence-electron chi connectivity index (χ1n) is 7.56. The fourth-order valence-corrected chi connectivity index (χ4v) is 2.34. The van der Waals surface area contributed by atoms with Gasteiger partial charge in [-0.2, -0.15) is 0 Å². The van der Waals surface area contributed by atoms with Gasteiger partial charge in [-0.05, 0) is 57.7 Å². The molecule has 1 amide bonds. The molecule has 1 unspecified atom stereocenters. The summed E-state index contributed by atoms with van der Waals surface area (Å²) >= 11 is 0. The SMILES string of the molecule is CC(C)(C)OC=O.NC(=O)c1ccccc1C1CCCNC1. The number of primary amides is 1. The van der Waals surface area contributed by atoms with Crippen LogP contribution in [0.1, 0.15) is 55.5 Å². The van der Waals surface area contributed by atoms with Crippen LogP contribution in [-0.2, 0) is 9.53 Å². The zero-order valence-corrected chi connectivity index (χ0v) is 13.6. The van der Waals surface area contributed by atoms with E-state index >= 15 is 0 Å². The van der Waals surface area contributed by atoms with Crippen molar-refractivity contribution in [2.24, 2.45) is 5.73 Å². The number of nitrogens with two attached hydrogens (primary N) is 1. The van der Waals surface area contributed by atoms with Crippen molar-refractivity contribution in [3.05, 3.63) is 35.4 Å². The fourth-order valence-electron chi connectivity index (χ4n) is 2.34. The standard InChI is InChI=1S/C12H16N2O.C5H10O2/c13-12(15)11-6-2-1-5-10(11)9-4-3-7-14-8-9;1-5(2,3)7-4-6/h1-2,5-6,9,14H,3-4,7-8H2,(H2,13,15);4H,1-3H3. The average Bonchev–Trinajstić information content (AvgIpc) is 2.47. The predicted octanol–water partition coefficient (Wildman–Crippen LogP) is 2.21. The second kappa shape index (κ2) is 8.54. The van der Waals surface area contributed by atoms with Crippen molar-refractivity contribution in [1.29, 1.82) is 0 Å². The number of carbonyl (C=O) groups excluding carboxylic acids is 2. The van der Waals surface area contributed by atoms with E-state index in [9.17, 15) is 9.59 Å². The molecule has 1 aliphatic heterocycles. The highest BCUT2D eigenvalue weighted by atomic mass is 16.5. The van der Waals surface area contributed by atoms with E-state index in [4.69, 9.17) is 5.73 Å². The third-order valence-corrected chi connectivity index (χ3v) is 3.36. The highest BCUT2D eigenvalue weighted by molar-refractivity contribution is 5.94. The number of hydrogen-bond acceptors (Lipinski definition) is 4. The lowest BCUT2D eigenvalue weighted by molar-refractivity contribution is -0.138. The largest absolute Gasteiger partial charge is 0.462 e. The summed E-state index contributed by atoms with van der Waals surface area (Å²) in [5.74, 6) is 0.110. The van der Waals surface area contributed by atoms with Crippen LogP contribution in [0.3, 0.4) is 0 Å². The number of nitrogens with one attached hydrogen (secondary N) is 1. The number of rotatable bonds is 3. The monoisotopic (exact) mass is 306 g/mol. The highest BCUT2D eigenvalue weighted by Gasteiger charge is 2.19. The van der Waals surface area contributed by atoms with Crippen LogP contribution >= 0.6 is 0 Å².